The summed E-state index contributed by atoms with van der Waals surface area (Å²) in [5.74, 6) is -4.56. The predicted octanol–water partition coefficient (Wildman–Crippen LogP) is 7.79. The van der Waals surface area contributed by atoms with Crippen LogP contribution in [0.4, 0.5) is 0 Å². The zero-order valence-electron chi connectivity index (χ0n) is 32.7. The number of benzene rings is 1. The predicted molar refractivity (Wildman–Crippen MR) is 203 cm³/mol. The Bertz CT molecular complexity index is 1230. The summed E-state index contributed by atoms with van der Waals surface area (Å²) in [6.07, 6.45) is 12.1. The van der Waals surface area contributed by atoms with Crippen molar-refractivity contribution in [3.8, 4) is 0 Å². The fourth-order valence-electron chi connectivity index (χ4n) is 6.07. The van der Waals surface area contributed by atoms with Crippen LogP contribution in [0, 0.1) is 0 Å². The molecule has 0 aliphatic heterocycles. The van der Waals surface area contributed by atoms with Crippen LogP contribution in [0.1, 0.15) is 168 Å². The Morgan fingerprint density at radius 3 is 1.68 bits per heavy atom. The number of ether oxygens (including phenoxy) is 2. The van der Waals surface area contributed by atoms with E-state index in [9.17, 15) is 39.0 Å². The van der Waals surface area contributed by atoms with Crippen LogP contribution in [0.15, 0.2) is 30.3 Å². The maximum atomic E-state index is 13.9. The molecule has 0 aliphatic carbocycles. The van der Waals surface area contributed by atoms with Gasteiger partial charge in [0.15, 0.2) is 0 Å². The Balaban J connectivity index is 2.99. The number of carboxylic acid groups (broad SMARTS) is 2. The Hall–Kier alpha value is -3.96. The van der Waals surface area contributed by atoms with Crippen LogP contribution in [0.2, 0.25) is 0 Å². The van der Waals surface area contributed by atoms with Crippen molar-refractivity contribution in [2.24, 2.45) is 0 Å². The molecule has 1 aromatic rings. The smallest absolute Gasteiger partial charge is 0.306 e. The first-order valence-electron chi connectivity index (χ1n) is 19.6. The van der Waals surface area contributed by atoms with E-state index in [0.717, 1.165) is 24.8 Å². The van der Waals surface area contributed by atoms with Crippen LogP contribution < -0.4 is 10.6 Å². The lowest BCUT2D eigenvalue weighted by molar-refractivity contribution is -0.155. The molecule has 0 saturated carbocycles. The number of aliphatic carboxylic acids is 2. The van der Waals surface area contributed by atoms with Crippen molar-refractivity contribution in [1.82, 2.24) is 10.6 Å². The average Bonchev–Trinajstić information content (AvgIpc) is 3.09. The molecule has 53 heavy (non-hydrogen) atoms. The molecule has 1 atom stereocenters. The fourth-order valence-corrected chi connectivity index (χ4v) is 6.07. The number of carbonyl (C=O) groups is 6. The number of carboxylic acids is 2. The van der Waals surface area contributed by atoms with Crippen molar-refractivity contribution in [3.63, 3.8) is 0 Å². The van der Waals surface area contributed by atoms with Crippen LogP contribution in [0.25, 0.3) is 0 Å². The number of hydrogen-bond acceptors (Lipinski definition) is 8. The van der Waals surface area contributed by atoms with Gasteiger partial charge in [0.2, 0.25) is 11.8 Å². The summed E-state index contributed by atoms with van der Waals surface area (Å²) in [5.41, 5.74) is -1.42. The first-order valence-corrected chi connectivity index (χ1v) is 19.6. The monoisotopic (exact) mass is 746 g/mol. The van der Waals surface area contributed by atoms with Gasteiger partial charge >= 0.3 is 23.9 Å². The van der Waals surface area contributed by atoms with Crippen LogP contribution >= 0.6 is 0 Å². The van der Waals surface area contributed by atoms with E-state index in [4.69, 9.17) is 9.47 Å². The molecule has 0 heterocycles. The largest absolute Gasteiger partial charge is 0.481 e. The standard InChI is InChI=1S/C41H66N2O10/c1-5-6-7-8-9-10-11-12-13-14-15-19-22-34(44)42-33(23-24-37(49)52-31-32-20-17-16-18-21-32)39(51)43-41(28-25-35(45)46,29-26-36(47)48)30-27-38(50)53-40(2,3)4/h16-18,20-21,33H,5-15,19,22-31H2,1-4H3,(H,42,44)(H,43,51)(H,45,46)(H,47,48)/t33-/m0/s1. The highest BCUT2D eigenvalue weighted by Crippen LogP contribution is 2.27. The molecular formula is C41H66N2O10. The molecule has 0 saturated heterocycles. The number of esters is 2. The van der Waals surface area contributed by atoms with Gasteiger partial charge in [-0.1, -0.05) is 108 Å². The first-order chi connectivity index (χ1) is 25.1. The minimum Gasteiger partial charge on any atom is -0.481 e. The van der Waals surface area contributed by atoms with Gasteiger partial charge in [0, 0.05) is 37.6 Å². The number of amides is 2. The summed E-state index contributed by atoms with van der Waals surface area (Å²) in [4.78, 5) is 75.7. The highest BCUT2D eigenvalue weighted by molar-refractivity contribution is 5.88. The molecule has 0 aromatic heterocycles. The van der Waals surface area contributed by atoms with E-state index >= 15 is 0 Å². The van der Waals surface area contributed by atoms with E-state index in [1.165, 1.54) is 51.4 Å². The number of rotatable bonds is 30. The fraction of sp³-hybridized carbons (Fsp3) is 0.707. The van der Waals surface area contributed by atoms with Crippen LogP contribution in [0.3, 0.4) is 0 Å². The zero-order chi connectivity index (χ0) is 39.5. The van der Waals surface area contributed by atoms with E-state index in [0.29, 0.717) is 6.42 Å². The molecule has 1 aromatic carbocycles. The van der Waals surface area contributed by atoms with Crippen molar-refractivity contribution >= 4 is 35.7 Å². The number of carbonyl (C=O) groups excluding carboxylic acids is 4. The lowest BCUT2D eigenvalue weighted by atomic mass is 9.83. The van der Waals surface area contributed by atoms with Crippen molar-refractivity contribution < 1.29 is 48.5 Å². The summed E-state index contributed by atoms with van der Waals surface area (Å²) >= 11 is 0. The Morgan fingerprint density at radius 1 is 0.660 bits per heavy atom. The quantitative estimate of drug-likeness (QED) is 0.0447. The summed E-state index contributed by atoms with van der Waals surface area (Å²) < 4.78 is 10.8. The molecule has 0 unspecified atom stereocenters. The number of unbranched alkanes of at least 4 members (excludes halogenated alkanes) is 11. The molecule has 0 bridgehead atoms. The van der Waals surface area contributed by atoms with Gasteiger partial charge in [0.1, 0.15) is 18.2 Å². The lowest BCUT2D eigenvalue weighted by Crippen LogP contribution is -2.56. The highest BCUT2D eigenvalue weighted by atomic mass is 16.6. The van der Waals surface area contributed by atoms with Gasteiger partial charge in [0.05, 0.1) is 0 Å². The lowest BCUT2D eigenvalue weighted by Gasteiger charge is -2.36. The van der Waals surface area contributed by atoms with Gasteiger partial charge in [-0.05, 0) is 58.4 Å². The molecule has 0 aliphatic rings. The second-order valence-corrected chi connectivity index (χ2v) is 15.1. The van der Waals surface area contributed by atoms with Gasteiger partial charge < -0.3 is 30.3 Å². The van der Waals surface area contributed by atoms with Crippen molar-refractivity contribution in [2.75, 3.05) is 0 Å². The van der Waals surface area contributed by atoms with Gasteiger partial charge in [-0.3, -0.25) is 28.8 Å². The van der Waals surface area contributed by atoms with E-state index in [1.54, 1.807) is 20.8 Å². The molecule has 0 fully saturated rings. The van der Waals surface area contributed by atoms with Gasteiger partial charge in [-0.25, -0.2) is 0 Å². The number of nitrogens with one attached hydrogen (secondary N) is 2. The second-order valence-electron chi connectivity index (χ2n) is 15.1. The summed E-state index contributed by atoms with van der Waals surface area (Å²) in [5, 5.41) is 24.6. The Labute approximate surface area is 316 Å². The van der Waals surface area contributed by atoms with Crippen LogP contribution in [0.5, 0.6) is 0 Å². The van der Waals surface area contributed by atoms with E-state index < -0.39 is 59.8 Å². The molecule has 0 radical (unpaired) electrons. The minimum atomic E-state index is -1.42. The molecule has 12 heteroatoms. The summed E-state index contributed by atoms with van der Waals surface area (Å²) in [7, 11) is 0. The van der Waals surface area contributed by atoms with E-state index in [1.807, 2.05) is 30.3 Å². The van der Waals surface area contributed by atoms with Gasteiger partial charge in [-0.15, -0.1) is 0 Å². The van der Waals surface area contributed by atoms with Crippen molar-refractivity contribution in [2.45, 2.75) is 186 Å². The van der Waals surface area contributed by atoms with Crippen LogP contribution in [-0.4, -0.2) is 63.1 Å². The summed E-state index contributed by atoms with van der Waals surface area (Å²) in [6, 6.07) is 7.91. The second kappa shape index (κ2) is 26.7. The molecular weight excluding hydrogens is 680 g/mol. The first kappa shape index (κ1) is 47.1. The van der Waals surface area contributed by atoms with Gasteiger partial charge in [-0.2, -0.15) is 0 Å². The molecule has 300 valence electrons. The number of hydrogen-bond donors (Lipinski definition) is 4. The third-order valence-electron chi connectivity index (χ3n) is 9.04. The summed E-state index contributed by atoms with van der Waals surface area (Å²) in [6.45, 7) is 7.35. The third-order valence-corrected chi connectivity index (χ3v) is 9.04. The molecule has 1 rings (SSSR count). The maximum absolute atomic E-state index is 13.9. The Kier molecular flexibility index (Phi) is 23.8. The van der Waals surface area contributed by atoms with E-state index in [-0.39, 0.29) is 57.5 Å². The van der Waals surface area contributed by atoms with E-state index in [2.05, 4.69) is 17.6 Å². The minimum absolute atomic E-state index is 0.0417. The molecule has 12 nitrogen and oxygen atoms in total. The van der Waals surface area contributed by atoms with Crippen molar-refractivity contribution in [3.05, 3.63) is 35.9 Å². The normalized spacial score (nSPS) is 12.1. The molecule has 4 N–H and O–H groups in total. The average molecular weight is 747 g/mol. The SMILES string of the molecule is CCCCCCCCCCCCCCC(=O)N[C@@H](CCC(=O)OCc1ccccc1)C(=O)NC(CCC(=O)O)(CCC(=O)O)CCC(=O)OC(C)(C)C. The van der Waals surface area contributed by atoms with Gasteiger partial charge in [0.25, 0.3) is 0 Å². The topological polar surface area (TPSA) is 185 Å². The highest BCUT2D eigenvalue weighted by Gasteiger charge is 2.36. The molecule has 2 amide bonds. The zero-order valence-corrected chi connectivity index (χ0v) is 32.7. The maximum Gasteiger partial charge on any atom is 0.306 e. The molecule has 0 spiro atoms. The Morgan fingerprint density at radius 2 is 1.17 bits per heavy atom. The van der Waals surface area contributed by atoms with Crippen molar-refractivity contribution in [1.29, 1.82) is 0 Å². The third kappa shape index (κ3) is 24.8. The van der Waals surface area contributed by atoms with Crippen LogP contribution in [-0.2, 0) is 44.8 Å².